The van der Waals surface area contributed by atoms with Crippen LogP contribution in [-0.2, 0) is 4.74 Å². The molecule has 2 N–H and O–H groups in total. The second kappa shape index (κ2) is 9.22. The average Bonchev–Trinajstić information content (AvgIpc) is 2.57. The molecule has 0 aliphatic rings. The second-order valence-electron chi connectivity index (χ2n) is 5.17. The van der Waals surface area contributed by atoms with E-state index < -0.39 is 0 Å². The molecule has 0 aromatic heterocycles. The standard InChI is InChI=1S/C18H21FN2OS/c1-14(15-6-3-2-4-7-15)22-13-5-12-20-18(23)21-17-10-8-16(19)9-11-17/h2-4,6-11,14H,5,12-13H2,1H3,(H2,20,21,23)/t14-/m1/s1. The number of hydrogen-bond acceptors (Lipinski definition) is 2. The van der Waals surface area contributed by atoms with Gasteiger partial charge in [0.1, 0.15) is 5.82 Å². The lowest BCUT2D eigenvalue weighted by Gasteiger charge is -2.14. The highest BCUT2D eigenvalue weighted by molar-refractivity contribution is 7.80. The van der Waals surface area contributed by atoms with Crippen LogP contribution >= 0.6 is 12.2 Å². The topological polar surface area (TPSA) is 33.3 Å². The molecular formula is C18H21FN2OS. The number of hydrogen-bond donors (Lipinski definition) is 2. The Morgan fingerprint density at radius 1 is 1.13 bits per heavy atom. The first kappa shape index (κ1) is 17.4. The van der Waals surface area contributed by atoms with Gasteiger partial charge in [-0.2, -0.15) is 0 Å². The summed E-state index contributed by atoms with van der Waals surface area (Å²) in [5.74, 6) is -0.265. The molecule has 0 amide bonds. The molecule has 0 heterocycles. The monoisotopic (exact) mass is 332 g/mol. The molecule has 5 heteroatoms. The summed E-state index contributed by atoms with van der Waals surface area (Å²) in [7, 11) is 0. The van der Waals surface area contributed by atoms with Gasteiger partial charge >= 0.3 is 0 Å². The lowest BCUT2D eigenvalue weighted by molar-refractivity contribution is 0.0646. The number of halogens is 1. The molecule has 1 atom stereocenters. The minimum absolute atomic E-state index is 0.0838. The van der Waals surface area contributed by atoms with Gasteiger partial charge in [0, 0.05) is 18.8 Å². The number of benzene rings is 2. The Kier molecular flexibility index (Phi) is 6.97. The smallest absolute Gasteiger partial charge is 0.170 e. The molecule has 122 valence electrons. The highest BCUT2D eigenvalue weighted by atomic mass is 32.1. The zero-order valence-electron chi connectivity index (χ0n) is 13.1. The van der Waals surface area contributed by atoms with Gasteiger partial charge in [0.15, 0.2) is 5.11 Å². The van der Waals surface area contributed by atoms with Gasteiger partial charge < -0.3 is 15.4 Å². The molecule has 2 aromatic carbocycles. The summed E-state index contributed by atoms with van der Waals surface area (Å²) in [6.45, 7) is 3.42. The largest absolute Gasteiger partial charge is 0.374 e. The van der Waals surface area contributed by atoms with Crippen LogP contribution in [0.4, 0.5) is 10.1 Å². The van der Waals surface area contributed by atoms with Gasteiger partial charge in [-0.1, -0.05) is 30.3 Å². The molecule has 0 aliphatic heterocycles. The fourth-order valence-electron chi connectivity index (χ4n) is 2.06. The van der Waals surface area contributed by atoms with Crippen LogP contribution in [0.5, 0.6) is 0 Å². The minimum Gasteiger partial charge on any atom is -0.374 e. The molecule has 0 radical (unpaired) electrons. The fourth-order valence-corrected chi connectivity index (χ4v) is 2.28. The lowest BCUT2D eigenvalue weighted by Crippen LogP contribution is -2.29. The van der Waals surface area contributed by atoms with Gasteiger partial charge in [-0.3, -0.25) is 0 Å². The van der Waals surface area contributed by atoms with Crippen LogP contribution in [0.3, 0.4) is 0 Å². The highest BCUT2D eigenvalue weighted by Crippen LogP contribution is 2.15. The Labute approximate surface area is 141 Å². The molecule has 0 saturated heterocycles. The third-order valence-corrected chi connectivity index (χ3v) is 3.59. The molecule has 0 bridgehead atoms. The molecule has 0 unspecified atom stereocenters. The van der Waals surface area contributed by atoms with Crippen molar-refractivity contribution in [3.05, 3.63) is 66.0 Å². The Hall–Kier alpha value is -1.98. The van der Waals surface area contributed by atoms with E-state index in [1.165, 1.54) is 17.7 Å². The van der Waals surface area contributed by atoms with Crippen LogP contribution < -0.4 is 10.6 Å². The summed E-state index contributed by atoms with van der Waals surface area (Å²) < 4.78 is 18.6. The normalized spacial score (nSPS) is 11.7. The van der Waals surface area contributed by atoms with E-state index in [0.717, 1.165) is 12.1 Å². The summed E-state index contributed by atoms with van der Waals surface area (Å²) in [6.07, 6.45) is 0.933. The maximum atomic E-state index is 12.8. The summed E-state index contributed by atoms with van der Waals surface area (Å²) in [5.41, 5.74) is 1.94. The van der Waals surface area contributed by atoms with Gasteiger partial charge in [0.25, 0.3) is 0 Å². The third-order valence-electron chi connectivity index (χ3n) is 3.35. The SMILES string of the molecule is C[C@@H](OCCCNC(=S)Nc1ccc(F)cc1)c1ccccc1. The third kappa shape index (κ3) is 6.34. The zero-order chi connectivity index (χ0) is 16.5. The molecule has 3 nitrogen and oxygen atoms in total. The first-order chi connectivity index (χ1) is 11.1. The first-order valence-electron chi connectivity index (χ1n) is 7.62. The molecular weight excluding hydrogens is 311 g/mol. The van der Waals surface area contributed by atoms with Crippen molar-refractivity contribution < 1.29 is 9.13 Å². The van der Waals surface area contributed by atoms with Gasteiger partial charge in [-0.05, 0) is 55.4 Å². The van der Waals surface area contributed by atoms with Crippen molar-refractivity contribution in [1.82, 2.24) is 5.32 Å². The fraction of sp³-hybridized carbons (Fsp3) is 0.278. The summed E-state index contributed by atoms with van der Waals surface area (Å²) >= 11 is 5.19. The van der Waals surface area contributed by atoms with Crippen molar-refractivity contribution in [3.63, 3.8) is 0 Å². The maximum Gasteiger partial charge on any atom is 0.170 e. The molecule has 2 rings (SSSR count). The molecule has 2 aromatic rings. The average molecular weight is 332 g/mol. The van der Waals surface area contributed by atoms with E-state index in [2.05, 4.69) is 22.8 Å². The lowest BCUT2D eigenvalue weighted by atomic mass is 10.1. The van der Waals surface area contributed by atoms with Crippen molar-refractivity contribution in [3.8, 4) is 0 Å². The van der Waals surface area contributed by atoms with Crippen molar-refractivity contribution in [1.29, 1.82) is 0 Å². The Morgan fingerprint density at radius 2 is 1.83 bits per heavy atom. The predicted octanol–water partition coefficient (Wildman–Crippen LogP) is 4.28. The van der Waals surface area contributed by atoms with Crippen LogP contribution in [0.2, 0.25) is 0 Å². The number of anilines is 1. The van der Waals surface area contributed by atoms with E-state index >= 15 is 0 Å². The maximum absolute atomic E-state index is 12.8. The first-order valence-corrected chi connectivity index (χ1v) is 8.03. The van der Waals surface area contributed by atoms with Crippen molar-refractivity contribution in [2.24, 2.45) is 0 Å². The van der Waals surface area contributed by atoms with Crippen molar-refractivity contribution in [2.75, 3.05) is 18.5 Å². The number of nitrogens with one attached hydrogen (secondary N) is 2. The van der Waals surface area contributed by atoms with E-state index in [1.54, 1.807) is 12.1 Å². The van der Waals surface area contributed by atoms with Crippen LogP contribution in [-0.4, -0.2) is 18.3 Å². The van der Waals surface area contributed by atoms with E-state index in [9.17, 15) is 4.39 Å². The van der Waals surface area contributed by atoms with Crippen LogP contribution in [0, 0.1) is 5.82 Å². The Morgan fingerprint density at radius 3 is 2.52 bits per heavy atom. The van der Waals surface area contributed by atoms with Crippen LogP contribution in [0.15, 0.2) is 54.6 Å². The van der Waals surface area contributed by atoms with E-state index in [-0.39, 0.29) is 11.9 Å². The summed E-state index contributed by atoms with van der Waals surface area (Å²) in [5, 5.41) is 6.63. The predicted molar refractivity (Wildman–Crippen MR) is 96.0 cm³/mol. The van der Waals surface area contributed by atoms with Crippen molar-refractivity contribution in [2.45, 2.75) is 19.4 Å². The Balaban J connectivity index is 1.60. The van der Waals surface area contributed by atoms with E-state index in [1.807, 2.05) is 25.1 Å². The molecule has 0 fully saturated rings. The zero-order valence-corrected chi connectivity index (χ0v) is 13.9. The van der Waals surface area contributed by atoms with E-state index in [4.69, 9.17) is 17.0 Å². The summed E-state index contributed by atoms with van der Waals surface area (Å²) in [6, 6.07) is 16.2. The van der Waals surface area contributed by atoms with Gasteiger partial charge in [-0.15, -0.1) is 0 Å². The van der Waals surface area contributed by atoms with Crippen molar-refractivity contribution >= 4 is 23.0 Å². The minimum atomic E-state index is -0.265. The number of ether oxygens (including phenoxy) is 1. The van der Waals surface area contributed by atoms with Crippen LogP contribution in [0.1, 0.15) is 25.0 Å². The van der Waals surface area contributed by atoms with Crippen LogP contribution in [0.25, 0.3) is 0 Å². The number of thiocarbonyl (C=S) groups is 1. The molecule has 0 saturated carbocycles. The quantitative estimate of drug-likeness (QED) is 0.586. The number of rotatable bonds is 7. The summed E-state index contributed by atoms with van der Waals surface area (Å²) in [4.78, 5) is 0. The van der Waals surface area contributed by atoms with Gasteiger partial charge in [-0.25, -0.2) is 4.39 Å². The van der Waals surface area contributed by atoms with Gasteiger partial charge in [0.2, 0.25) is 0 Å². The highest BCUT2D eigenvalue weighted by Gasteiger charge is 2.04. The Bertz CT molecular complexity index is 604. The molecule has 0 spiro atoms. The molecule has 23 heavy (non-hydrogen) atoms. The second-order valence-corrected chi connectivity index (χ2v) is 5.57. The molecule has 0 aliphatic carbocycles. The van der Waals surface area contributed by atoms with Gasteiger partial charge in [0.05, 0.1) is 6.10 Å². The van der Waals surface area contributed by atoms with E-state index in [0.29, 0.717) is 18.3 Å².